The Labute approximate surface area is 112 Å². The molecule has 2 fully saturated rings. The highest BCUT2D eigenvalue weighted by atomic mass is 16.4. The van der Waals surface area contributed by atoms with Crippen LogP contribution >= 0.6 is 0 Å². The first-order valence-corrected chi connectivity index (χ1v) is 6.56. The summed E-state index contributed by atoms with van der Waals surface area (Å²) in [6.07, 6.45) is 8.35. The van der Waals surface area contributed by atoms with Gasteiger partial charge in [-0.3, -0.25) is 9.69 Å². The van der Waals surface area contributed by atoms with Crippen LogP contribution in [0, 0.1) is 12.3 Å². The van der Waals surface area contributed by atoms with Crippen LogP contribution in [0.25, 0.3) is 0 Å². The van der Waals surface area contributed by atoms with Gasteiger partial charge in [-0.1, -0.05) is 5.92 Å². The maximum atomic E-state index is 12.1. The average molecular weight is 265 g/mol. The Morgan fingerprint density at radius 3 is 2.89 bits per heavy atom. The number of carboxylic acids is 1. The van der Waals surface area contributed by atoms with Crippen LogP contribution in [0.4, 0.5) is 4.79 Å². The summed E-state index contributed by atoms with van der Waals surface area (Å²) in [7, 11) is 0. The molecule has 6 nitrogen and oxygen atoms in total. The second-order valence-electron chi connectivity index (χ2n) is 5.04. The van der Waals surface area contributed by atoms with Gasteiger partial charge in [0.15, 0.2) is 0 Å². The van der Waals surface area contributed by atoms with E-state index >= 15 is 0 Å². The Morgan fingerprint density at radius 2 is 2.21 bits per heavy atom. The van der Waals surface area contributed by atoms with Crippen LogP contribution in [0.15, 0.2) is 0 Å². The first-order valence-electron chi connectivity index (χ1n) is 6.56. The van der Waals surface area contributed by atoms with Crippen LogP contribution in [0.2, 0.25) is 0 Å². The van der Waals surface area contributed by atoms with Gasteiger partial charge in [0.1, 0.15) is 6.54 Å². The lowest BCUT2D eigenvalue weighted by Crippen LogP contribution is -2.49. The quantitative estimate of drug-likeness (QED) is 0.699. The van der Waals surface area contributed by atoms with E-state index in [1.165, 1.54) is 6.42 Å². The van der Waals surface area contributed by atoms with E-state index in [9.17, 15) is 9.59 Å². The number of hydrogen-bond acceptors (Lipinski definition) is 3. The van der Waals surface area contributed by atoms with Gasteiger partial charge in [-0.15, -0.1) is 6.42 Å². The summed E-state index contributed by atoms with van der Waals surface area (Å²) >= 11 is 0. The number of nitrogens with one attached hydrogen (secondary N) is 1. The van der Waals surface area contributed by atoms with Gasteiger partial charge in [0.2, 0.25) is 0 Å². The van der Waals surface area contributed by atoms with E-state index in [1.54, 1.807) is 0 Å². The van der Waals surface area contributed by atoms with E-state index in [1.807, 2.05) is 0 Å². The lowest BCUT2D eigenvalue weighted by atomic mass is 10.1. The van der Waals surface area contributed by atoms with Crippen molar-refractivity contribution in [2.75, 3.05) is 26.2 Å². The summed E-state index contributed by atoms with van der Waals surface area (Å²) < 4.78 is 0. The van der Waals surface area contributed by atoms with E-state index in [-0.39, 0.29) is 25.2 Å². The first kappa shape index (κ1) is 13.7. The van der Waals surface area contributed by atoms with Crippen LogP contribution in [0.1, 0.15) is 19.3 Å². The molecule has 104 valence electrons. The smallest absolute Gasteiger partial charge is 0.323 e. The number of fused-ring (bicyclic) bond motifs is 1. The fourth-order valence-electron chi connectivity index (χ4n) is 2.97. The molecule has 0 radical (unpaired) electrons. The molecule has 2 saturated heterocycles. The molecule has 0 saturated carbocycles. The molecule has 19 heavy (non-hydrogen) atoms. The lowest BCUT2D eigenvalue weighted by molar-refractivity contribution is -0.137. The Hall–Kier alpha value is -1.74. The third kappa shape index (κ3) is 3.18. The number of carbonyl (C=O) groups is 2. The van der Waals surface area contributed by atoms with Crippen molar-refractivity contribution in [3.05, 3.63) is 0 Å². The zero-order chi connectivity index (χ0) is 13.8. The number of amides is 2. The molecule has 2 amide bonds. The van der Waals surface area contributed by atoms with Gasteiger partial charge in [-0.05, 0) is 25.8 Å². The summed E-state index contributed by atoms with van der Waals surface area (Å²) in [5, 5.41) is 11.7. The largest absolute Gasteiger partial charge is 0.480 e. The number of rotatable bonds is 4. The highest BCUT2D eigenvalue weighted by Gasteiger charge is 2.38. The van der Waals surface area contributed by atoms with Gasteiger partial charge in [-0.2, -0.15) is 0 Å². The minimum absolute atomic E-state index is 0.0131. The molecule has 2 atom stereocenters. The minimum Gasteiger partial charge on any atom is -0.480 e. The summed E-state index contributed by atoms with van der Waals surface area (Å²) in [5.74, 6) is 1.26. The molecule has 2 heterocycles. The van der Waals surface area contributed by atoms with Gasteiger partial charge >= 0.3 is 12.0 Å². The van der Waals surface area contributed by atoms with E-state index in [4.69, 9.17) is 11.5 Å². The minimum atomic E-state index is -1.06. The second-order valence-corrected chi connectivity index (χ2v) is 5.04. The Bertz CT molecular complexity index is 404. The van der Waals surface area contributed by atoms with Gasteiger partial charge in [0, 0.05) is 18.6 Å². The molecule has 2 unspecified atom stereocenters. The standard InChI is InChI=1S/C13H19N3O3/c1-2-6-16(9-12(17)18)13(19)14-10-5-8-15-7-3-4-11(10)15/h1,10-11H,3-9H2,(H,14,19)(H,17,18). The van der Waals surface area contributed by atoms with Gasteiger partial charge < -0.3 is 15.3 Å². The summed E-state index contributed by atoms with van der Waals surface area (Å²) in [5.41, 5.74) is 0. The highest BCUT2D eigenvalue weighted by molar-refractivity contribution is 5.80. The van der Waals surface area contributed by atoms with Crippen molar-refractivity contribution in [2.45, 2.75) is 31.3 Å². The zero-order valence-corrected chi connectivity index (χ0v) is 10.8. The first-order chi connectivity index (χ1) is 9.11. The van der Waals surface area contributed by atoms with Crippen molar-refractivity contribution < 1.29 is 14.7 Å². The molecular weight excluding hydrogens is 246 g/mol. The van der Waals surface area contributed by atoms with Crippen molar-refractivity contribution >= 4 is 12.0 Å². The molecule has 2 N–H and O–H groups in total. The Morgan fingerprint density at radius 1 is 1.42 bits per heavy atom. The lowest BCUT2D eigenvalue weighted by Gasteiger charge is -2.25. The van der Waals surface area contributed by atoms with E-state index < -0.39 is 5.97 Å². The molecule has 0 spiro atoms. The van der Waals surface area contributed by atoms with Crippen LogP contribution in [-0.2, 0) is 4.79 Å². The number of carbonyl (C=O) groups excluding carboxylic acids is 1. The van der Waals surface area contributed by atoms with E-state index in [0.29, 0.717) is 6.04 Å². The van der Waals surface area contributed by atoms with Gasteiger partial charge in [0.05, 0.1) is 6.54 Å². The molecule has 2 aliphatic rings. The predicted molar refractivity (Wildman–Crippen MR) is 69.6 cm³/mol. The fraction of sp³-hybridized carbons (Fsp3) is 0.692. The van der Waals surface area contributed by atoms with Crippen molar-refractivity contribution in [1.29, 1.82) is 0 Å². The number of aliphatic carboxylic acids is 1. The summed E-state index contributed by atoms with van der Waals surface area (Å²) in [4.78, 5) is 26.3. The SMILES string of the molecule is C#CCN(CC(=O)O)C(=O)NC1CCN2CCCC12. The van der Waals surface area contributed by atoms with Crippen LogP contribution in [0.3, 0.4) is 0 Å². The molecule has 0 aromatic heterocycles. The van der Waals surface area contributed by atoms with Crippen molar-refractivity contribution in [1.82, 2.24) is 15.1 Å². The number of nitrogens with zero attached hydrogens (tertiary/aromatic N) is 2. The number of urea groups is 1. The Balaban J connectivity index is 1.91. The predicted octanol–water partition coefficient (Wildman–Crippen LogP) is -0.0475. The van der Waals surface area contributed by atoms with Crippen LogP contribution in [-0.4, -0.2) is 65.2 Å². The molecule has 0 aromatic rings. The Kier molecular flexibility index (Phi) is 4.27. The highest BCUT2D eigenvalue weighted by Crippen LogP contribution is 2.27. The third-order valence-electron chi connectivity index (χ3n) is 3.81. The maximum absolute atomic E-state index is 12.1. The normalized spacial score (nSPS) is 25.6. The monoisotopic (exact) mass is 265 g/mol. The molecule has 2 rings (SSSR count). The molecule has 0 aromatic carbocycles. The number of carboxylic acid groups (broad SMARTS) is 1. The van der Waals surface area contributed by atoms with Gasteiger partial charge in [0.25, 0.3) is 0 Å². The molecule has 0 aliphatic carbocycles. The van der Waals surface area contributed by atoms with Crippen molar-refractivity contribution in [2.24, 2.45) is 0 Å². The van der Waals surface area contributed by atoms with Crippen molar-refractivity contribution in [3.8, 4) is 12.3 Å². The number of terminal acetylenes is 1. The third-order valence-corrected chi connectivity index (χ3v) is 3.81. The molecule has 2 aliphatic heterocycles. The average Bonchev–Trinajstić information content (AvgIpc) is 2.93. The van der Waals surface area contributed by atoms with Crippen molar-refractivity contribution in [3.63, 3.8) is 0 Å². The second kappa shape index (κ2) is 5.93. The van der Waals surface area contributed by atoms with Crippen LogP contribution in [0.5, 0.6) is 0 Å². The van der Waals surface area contributed by atoms with Crippen LogP contribution < -0.4 is 5.32 Å². The van der Waals surface area contributed by atoms with E-state index in [2.05, 4.69) is 16.1 Å². The fourth-order valence-corrected chi connectivity index (χ4v) is 2.97. The molecule has 6 heteroatoms. The molecule has 0 bridgehead atoms. The van der Waals surface area contributed by atoms with E-state index in [0.717, 1.165) is 30.8 Å². The topological polar surface area (TPSA) is 72.9 Å². The summed E-state index contributed by atoms with van der Waals surface area (Å²) in [6, 6.07) is 0.143. The van der Waals surface area contributed by atoms with Gasteiger partial charge in [-0.25, -0.2) is 4.79 Å². The summed E-state index contributed by atoms with van der Waals surface area (Å²) in [6.45, 7) is 1.75. The maximum Gasteiger partial charge on any atom is 0.323 e. The number of hydrogen-bond donors (Lipinski definition) is 2. The molecular formula is C13H19N3O3. The zero-order valence-electron chi connectivity index (χ0n) is 10.8.